The van der Waals surface area contributed by atoms with E-state index in [1.54, 1.807) is 23.2 Å². The van der Waals surface area contributed by atoms with Crippen LogP contribution < -0.4 is 10.9 Å². The number of aryl methyl sites for hydroxylation is 2. The number of benzene rings is 1. The topological polar surface area (TPSA) is 94.8 Å². The fourth-order valence-corrected chi connectivity index (χ4v) is 5.15. The molecule has 9 heteroatoms. The van der Waals surface area contributed by atoms with Crippen LogP contribution >= 0.6 is 11.6 Å². The summed E-state index contributed by atoms with van der Waals surface area (Å²) in [6.07, 6.45) is 5.93. The minimum atomic E-state index is -0.192. The molecule has 0 aliphatic carbocycles. The Balaban J connectivity index is 1.50. The molecule has 0 radical (unpaired) electrons. The van der Waals surface area contributed by atoms with Gasteiger partial charge >= 0.3 is 0 Å². The molecule has 1 atom stereocenters. The predicted octanol–water partition coefficient (Wildman–Crippen LogP) is 3.49. The fourth-order valence-electron chi connectivity index (χ4n) is 4.87. The third-order valence-corrected chi connectivity index (χ3v) is 6.97. The lowest BCUT2D eigenvalue weighted by molar-refractivity contribution is -0.0362. The van der Waals surface area contributed by atoms with Crippen LogP contribution in [-0.2, 0) is 4.74 Å². The van der Waals surface area contributed by atoms with Crippen molar-refractivity contribution in [1.82, 2.24) is 29.8 Å². The van der Waals surface area contributed by atoms with E-state index in [1.807, 2.05) is 38.1 Å². The molecule has 3 aromatic heterocycles. The molecule has 2 saturated heterocycles. The summed E-state index contributed by atoms with van der Waals surface area (Å²) in [7, 11) is 0. The zero-order valence-electron chi connectivity index (χ0n) is 18.9. The van der Waals surface area contributed by atoms with Crippen molar-refractivity contribution in [2.45, 2.75) is 31.9 Å². The van der Waals surface area contributed by atoms with Gasteiger partial charge in [-0.1, -0.05) is 23.7 Å². The van der Waals surface area contributed by atoms with Crippen molar-refractivity contribution >= 4 is 22.6 Å². The summed E-state index contributed by atoms with van der Waals surface area (Å²) in [6, 6.07) is 7.34. The summed E-state index contributed by atoms with van der Waals surface area (Å²) in [5, 5.41) is 4.54. The highest BCUT2D eigenvalue weighted by atomic mass is 35.5. The minimum Gasteiger partial charge on any atom is -0.370 e. The van der Waals surface area contributed by atoms with E-state index in [1.165, 1.54) is 0 Å². The highest BCUT2D eigenvalue weighted by molar-refractivity contribution is 6.33. The van der Waals surface area contributed by atoms with Crippen LogP contribution in [0.15, 0.2) is 47.7 Å². The third-order valence-electron chi connectivity index (χ3n) is 6.65. The SMILES string of the molecule is Cc1cncc(-c2ccc(-c3cc4cnc(C)nc4n(C4COC5(CNC5)C4)c3=O)c(Cl)c2)n1. The molecule has 4 aromatic rings. The van der Waals surface area contributed by atoms with Crippen molar-refractivity contribution in [3.63, 3.8) is 0 Å². The van der Waals surface area contributed by atoms with E-state index in [0.717, 1.165) is 41.8 Å². The first-order chi connectivity index (χ1) is 16.4. The van der Waals surface area contributed by atoms with Crippen molar-refractivity contribution in [1.29, 1.82) is 0 Å². The van der Waals surface area contributed by atoms with Gasteiger partial charge in [0, 0.05) is 59.0 Å². The van der Waals surface area contributed by atoms with Crippen molar-refractivity contribution in [3.8, 4) is 22.4 Å². The number of aromatic nitrogens is 5. The molecule has 2 aliphatic heterocycles. The number of pyridine rings is 1. The van der Waals surface area contributed by atoms with E-state index in [9.17, 15) is 4.79 Å². The predicted molar refractivity (Wildman–Crippen MR) is 130 cm³/mol. The first-order valence-electron chi connectivity index (χ1n) is 11.2. The van der Waals surface area contributed by atoms with Crippen molar-refractivity contribution < 1.29 is 4.74 Å². The largest absolute Gasteiger partial charge is 0.370 e. The van der Waals surface area contributed by atoms with Crippen LogP contribution in [0.5, 0.6) is 0 Å². The number of ether oxygens (including phenoxy) is 1. The van der Waals surface area contributed by atoms with Crippen LogP contribution in [0.25, 0.3) is 33.4 Å². The van der Waals surface area contributed by atoms with Gasteiger partial charge in [0.2, 0.25) is 0 Å². The van der Waals surface area contributed by atoms with Crippen LogP contribution in [0, 0.1) is 13.8 Å². The molecular weight excluding hydrogens is 452 g/mol. The summed E-state index contributed by atoms with van der Waals surface area (Å²) < 4.78 is 7.90. The van der Waals surface area contributed by atoms with Gasteiger partial charge in [-0.3, -0.25) is 14.3 Å². The summed E-state index contributed by atoms with van der Waals surface area (Å²) >= 11 is 6.73. The number of halogens is 1. The molecule has 8 nitrogen and oxygen atoms in total. The van der Waals surface area contributed by atoms with E-state index < -0.39 is 0 Å². The normalized spacial score (nSPS) is 19.0. The van der Waals surface area contributed by atoms with Gasteiger partial charge in [0.15, 0.2) is 0 Å². The lowest BCUT2D eigenvalue weighted by Gasteiger charge is -2.38. The van der Waals surface area contributed by atoms with E-state index in [-0.39, 0.29) is 17.2 Å². The molecule has 6 rings (SSSR count). The number of fused-ring (bicyclic) bond motifs is 1. The lowest BCUT2D eigenvalue weighted by atomic mass is 9.91. The Hall–Kier alpha value is -3.20. The molecule has 34 heavy (non-hydrogen) atoms. The average Bonchev–Trinajstić information content (AvgIpc) is 3.25. The van der Waals surface area contributed by atoms with Gasteiger partial charge in [0.1, 0.15) is 11.5 Å². The molecule has 5 heterocycles. The van der Waals surface area contributed by atoms with Crippen LogP contribution in [0.2, 0.25) is 5.02 Å². The quantitative estimate of drug-likeness (QED) is 0.485. The molecule has 1 unspecified atom stereocenters. The second-order valence-corrected chi connectivity index (χ2v) is 9.53. The Morgan fingerprint density at radius 1 is 1.12 bits per heavy atom. The van der Waals surface area contributed by atoms with Crippen molar-refractivity contribution in [2.75, 3.05) is 19.7 Å². The average molecular weight is 475 g/mol. The van der Waals surface area contributed by atoms with Crippen LogP contribution in [0.4, 0.5) is 0 Å². The zero-order chi connectivity index (χ0) is 23.4. The summed E-state index contributed by atoms with van der Waals surface area (Å²) in [5.74, 6) is 0.619. The molecular formula is C25H23ClN6O2. The molecule has 2 fully saturated rings. The first kappa shape index (κ1) is 21.3. The van der Waals surface area contributed by atoms with Crippen LogP contribution in [0.1, 0.15) is 24.0 Å². The molecule has 1 spiro atoms. The summed E-state index contributed by atoms with van der Waals surface area (Å²) in [5.41, 5.74) is 3.87. The maximum atomic E-state index is 13.9. The molecule has 0 amide bonds. The summed E-state index contributed by atoms with van der Waals surface area (Å²) in [6.45, 7) is 5.80. The van der Waals surface area contributed by atoms with E-state index in [0.29, 0.717) is 34.2 Å². The van der Waals surface area contributed by atoms with Gasteiger partial charge in [-0.05, 0) is 26.0 Å². The Labute approximate surface area is 201 Å². The Morgan fingerprint density at radius 2 is 1.97 bits per heavy atom. The van der Waals surface area contributed by atoms with Crippen molar-refractivity contribution in [2.24, 2.45) is 0 Å². The van der Waals surface area contributed by atoms with Gasteiger partial charge in [0.25, 0.3) is 5.56 Å². The third kappa shape index (κ3) is 3.50. The van der Waals surface area contributed by atoms with E-state index in [2.05, 4.69) is 25.3 Å². The minimum absolute atomic E-state index is 0.105. The maximum Gasteiger partial charge on any atom is 0.260 e. The van der Waals surface area contributed by atoms with E-state index in [4.69, 9.17) is 16.3 Å². The summed E-state index contributed by atoms with van der Waals surface area (Å²) in [4.78, 5) is 31.6. The molecule has 172 valence electrons. The first-order valence-corrected chi connectivity index (χ1v) is 11.6. The number of hydrogen-bond acceptors (Lipinski definition) is 7. The molecule has 1 N–H and O–H groups in total. The van der Waals surface area contributed by atoms with Gasteiger partial charge in [-0.2, -0.15) is 0 Å². The number of nitrogens with one attached hydrogen (secondary N) is 1. The van der Waals surface area contributed by atoms with E-state index >= 15 is 0 Å². The molecule has 0 bridgehead atoms. The Kier molecular flexibility index (Phi) is 4.98. The standard InChI is InChI=1S/C25H23ClN6O2/c1-14-8-27-10-22(30-14)16-3-4-19(21(26)6-16)20-5-17-9-29-15(2)31-23(17)32(24(20)33)18-7-25(34-11-18)12-28-13-25/h3-6,8-10,18,28H,7,11-13H2,1-2H3. The lowest BCUT2D eigenvalue weighted by Crippen LogP contribution is -2.59. The number of nitrogens with zero attached hydrogens (tertiary/aromatic N) is 5. The van der Waals surface area contributed by atoms with Gasteiger partial charge in [-0.25, -0.2) is 15.0 Å². The maximum absolute atomic E-state index is 13.9. The van der Waals surface area contributed by atoms with Crippen LogP contribution in [0.3, 0.4) is 0 Å². The van der Waals surface area contributed by atoms with Crippen LogP contribution in [-0.4, -0.2) is 49.8 Å². The Bertz CT molecular complexity index is 1500. The zero-order valence-corrected chi connectivity index (χ0v) is 19.6. The Morgan fingerprint density at radius 3 is 2.68 bits per heavy atom. The van der Waals surface area contributed by atoms with Crippen molar-refractivity contribution in [3.05, 3.63) is 69.8 Å². The highest BCUT2D eigenvalue weighted by Crippen LogP contribution is 2.37. The second-order valence-electron chi connectivity index (χ2n) is 9.13. The van der Waals surface area contributed by atoms with Gasteiger partial charge < -0.3 is 10.1 Å². The molecule has 2 aliphatic rings. The monoisotopic (exact) mass is 474 g/mol. The highest BCUT2D eigenvalue weighted by Gasteiger charge is 2.46. The number of rotatable bonds is 3. The van der Waals surface area contributed by atoms with Gasteiger partial charge in [-0.15, -0.1) is 0 Å². The van der Waals surface area contributed by atoms with Gasteiger partial charge in [0.05, 0.1) is 35.8 Å². The smallest absolute Gasteiger partial charge is 0.260 e. The fraction of sp³-hybridized carbons (Fsp3) is 0.320. The second kappa shape index (κ2) is 7.94. The number of hydrogen-bond donors (Lipinski definition) is 1. The molecule has 1 aromatic carbocycles. The molecule has 0 saturated carbocycles.